The number of aromatic nitrogens is 2. The van der Waals surface area contributed by atoms with Crippen LogP contribution < -0.4 is 16.0 Å². The Kier molecular flexibility index (Phi) is 6.19. The van der Waals surface area contributed by atoms with Gasteiger partial charge in [0, 0.05) is 50.7 Å². The zero-order chi connectivity index (χ0) is 19.1. The van der Waals surface area contributed by atoms with Crippen LogP contribution in [0.4, 0.5) is 5.95 Å². The standard InChI is InChI=1S/C19H25N7O/c1-2-21-18(24-14-15-4-6-16(7-5-15)17(20)27)25-10-12-26(13-11-25)19-22-8-3-9-23-19/h3-9H,2,10-14H2,1H3,(H2,20,27)(H,21,24). The second-order valence-corrected chi connectivity index (χ2v) is 6.25. The Labute approximate surface area is 159 Å². The van der Waals surface area contributed by atoms with E-state index in [9.17, 15) is 4.79 Å². The van der Waals surface area contributed by atoms with Gasteiger partial charge in [0.15, 0.2) is 5.96 Å². The van der Waals surface area contributed by atoms with Crippen molar-refractivity contribution in [1.82, 2.24) is 20.2 Å². The number of rotatable bonds is 5. The van der Waals surface area contributed by atoms with E-state index in [0.29, 0.717) is 12.1 Å². The molecular weight excluding hydrogens is 342 g/mol. The molecule has 2 aromatic rings. The Morgan fingerprint density at radius 2 is 1.81 bits per heavy atom. The van der Waals surface area contributed by atoms with Crippen LogP contribution in [-0.4, -0.2) is 59.5 Å². The number of nitrogens with two attached hydrogens (primary N) is 1. The maximum absolute atomic E-state index is 11.2. The van der Waals surface area contributed by atoms with Gasteiger partial charge in [-0.05, 0) is 30.7 Å². The minimum Gasteiger partial charge on any atom is -0.366 e. The van der Waals surface area contributed by atoms with Gasteiger partial charge in [0.1, 0.15) is 0 Å². The van der Waals surface area contributed by atoms with Crippen molar-refractivity contribution in [1.29, 1.82) is 0 Å². The molecule has 0 aliphatic carbocycles. The summed E-state index contributed by atoms with van der Waals surface area (Å²) in [6.07, 6.45) is 3.54. The van der Waals surface area contributed by atoms with Crippen LogP contribution >= 0.6 is 0 Å². The first-order valence-electron chi connectivity index (χ1n) is 9.11. The predicted octanol–water partition coefficient (Wildman–Crippen LogP) is 0.863. The van der Waals surface area contributed by atoms with Crippen LogP contribution in [0.2, 0.25) is 0 Å². The molecule has 1 fully saturated rings. The summed E-state index contributed by atoms with van der Waals surface area (Å²) in [6.45, 7) is 6.81. The molecule has 0 unspecified atom stereocenters. The Bertz CT molecular complexity index is 768. The monoisotopic (exact) mass is 367 g/mol. The van der Waals surface area contributed by atoms with Crippen LogP contribution in [0.15, 0.2) is 47.7 Å². The first kappa shape index (κ1) is 18.6. The smallest absolute Gasteiger partial charge is 0.248 e. The van der Waals surface area contributed by atoms with Gasteiger partial charge in [0.05, 0.1) is 6.54 Å². The molecule has 27 heavy (non-hydrogen) atoms. The lowest BCUT2D eigenvalue weighted by Gasteiger charge is -2.36. The van der Waals surface area contributed by atoms with Crippen LogP contribution in [0.5, 0.6) is 0 Å². The van der Waals surface area contributed by atoms with E-state index in [0.717, 1.165) is 50.2 Å². The third-order valence-electron chi connectivity index (χ3n) is 4.40. The molecule has 8 nitrogen and oxygen atoms in total. The molecule has 1 saturated heterocycles. The Morgan fingerprint density at radius 1 is 1.15 bits per heavy atom. The molecule has 1 amide bonds. The van der Waals surface area contributed by atoms with Crippen LogP contribution in [0.25, 0.3) is 0 Å². The first-order chi connectivity index (χ1) is 13.2. The lowest BCUT2D eigenvalue weighted by molar-refractivity contribution is 0.100. The number of nitrogens with one attached hydrogen (secondary N) is 1. The molecule has 8 heteroatoms. The van der Waals surface area contributed by atoms with Crippen LogP contribution in [-0.2, 0) is 6.54 Å². The number of carbonyl (C=O) groups excluding carboxylic acids is 1. The van der Waals surface area contributed by atoms with E-state index in [1.54, 1.807) is 24.5 Å². The highest BCUT2D eigenvalue weighted by atomic mass is 16.1. The van der Waals surface area contributed by atoms with Gasteiger partial charge in [-0.3, -0.25) is 4.79 Å². The van der Waals surface area contributed by atoms with Crippen molar-refractivity contribution in [3.8, 4) is 0 Å². The second kappa shape index (κ2) is 8.98. The molecule has 3 N–H and O–H groups in total. The molecule has 0 spiro atoms. The zero-order valence-corrected chi connectivity index (χ0v) is 15.5. The molecule has 1 aromatic carbocycles. The highest BCUT2D eigenvalue weighted by Gasteiger charge is 2.21. The summed E-state index contributed by atoms with van der Waals surface area (Å²) in [5.41, 5.74) is 6.82. The molecular formula is C19H25N7O. The summed E-state index contributed by atoms with van der Waals surface area (Å²) >= 11 is 0. The fourth-order valence-electron chi connectivity index (χ4n) is 2.94. The van der Waals surface area contributed by atoms with E-state index in [-0.39, 0.29) is 0 Å². The van der Waals surface area contributed by atoms with E-state index in [1.807, 2.05) is 18.2 Å². The molecule has 3 rings (SSSR count). The van der Waals surface area contributed by atoms with E-state index in [1.165, 1.54) is 0 Å². The fourth-order valence-corrected chi connectivity index (χ4v) is 2.94. The van der Waals surface area contributed by atoms with Gasteiger partial charge in [-0.15, -0.1) is 0 Å². The van der Waals surface area contributed by atoms with Gasteiger partial charge >= 0.3 is 0 Å². The molecule has 1 aliphatic rings. The van der Waals surface area contributed by atoms with E-state index >= 15 is 0 Å². The van der Waals surface area contributed by atoms with Crippen LogP contribution in [0, 0.1) is 0 Å². The Hall–Kier alpha value is -3.16. The highest BCUT2D eigenvalue weighted by molar-refractivity contribution is 5.92. The summed E-state index contributed by atoms with van der Waals surface area (Å²) < 4.78 is 0. The van der Waals surface area contributed by atoms with Crippen molar-refractivity contribution in [2.75, 3.05) is 37.6 Å². The lowest BCUT2D eigenvalue weighted by Crippen LogP contribution is -2.52. The average Bonchev–Trinajstić information content (AvgIpc) is 2.72. The van der Waals surface area contributed by atoms with Crippen molar-refractivity contribution in [2.45, 2.75) is 13.5 Å². The number of benzene rings is 1. The first-order valence-corrected chi connectivity index (χ1v) is 9.11. The van der Waals surface area contributed by atoms with Gasteiger partial charge in [0.25, 0.3) is 0 Å². The summed E-state index contributed by atoms with van der Waals surface area (Å²) in [4.78, 5) is 29.0. The largest absolute Gasteiger partial charge is 0.366 e. The van der Waals surface area contributed by atoms with Gasteiger partial charge < -0.3 is 20.9 Å². The number of aliphatic imine (C=N–C) groups is 1. The molecule has 1 aliphatic heterocycles. The third-order valence-corrected chi connectivity index (χ3v) is 4.40. The van der Waals surface area contributed by atoms with Crippen molar-refractivity contribution in [3.05, 3.63) is 53.9 Å². The minimum absolute atomic E-state index is 0.418. The number of anilines is 1. The molecule has 0 bridgehead atoms. The fraction of sp³-hybridized carbons (Fsp3) is 0.368. The van der Waals surface area contributed by atoms with E-state index < -0.39 is 5.91 Å². The number of hydrogen-bond donors (Lipinski definition) is 2. The number of carbonyl (C=O) groups is 1. The normalized spacial score (nSPS) is 14.9. The number of primary amides is 1. The Balaban J connectivity index is 1.61. The van der Waals surface area contributed by atoms with Crippen molar-refractivity contribution in [2.24, 2.45) is 10.7 Å². The molecule has 1 aromatic heterocycles. The third kappa shape index (κ3) is 4.93. The van der Waals surface area contributed by atoms with Crippen molar-refractivity contribution in [3.63, 3.8) is 0 Å². The SMILES string of the molecule is CCNC(=NCc1ccc(C(N)=O)cc1)N1CCN(c2ncccn2)CC1. The lowest BCUT2D eigenvalue weighted by atomic mass is 10.1. The molecule has 0 atom stereocenters. The van der Waals surface area contributed by atoms with Crippen molar-refractivity contribution < 1.29 is 4.79 Å². The second-order valence-electron chi connectivity index (χ2n) is 6.25. The quantitative estimate of drug-likeness (QED) is 0.601. The van der Waals surface area contributed by atoms with Gasteiger partial charge in [-0.1, -0.05) is 12.1 Å². The summed E-state index contributed by atoms with van der Waals surface area (Å²) in [5, 5.41) is 3.36. The van der Waals surface area contributed by atoms with E-state index in [2.05, 4.69) is 32.0 Å². The summed E-state index contributed by atoms with van der Waals surface area (Å²) in [5.74, 6) is 1.25. The molecule has 2 heterocycles. The predicted molar refractivity (Wildman–Crippen MR) is 106 cm³/mol. The number of nitrogens with zero attached hydrogens (tertiary/aromatic N) is 5. The van der Waals surface area contributed by atoms with E-state index in [4.69, 9.17) is 10.7 Å². The Morgan fingerprint density at radius 3 is 2.41 bits per heavy atom. The maximum Gasteiger partial charge on any atom is 0.248 e. The highest BCUT2D eigenvalue weighted by Crippen LogP contribution is 2.11. The number of amides is 1. The number of hydrogen-bond acceptors (Lipinski definition) is 5. The molecule has 0 saturated carbocycles. The van der Waals surface area contributed by atoms with Gasteiger partial charge in [-0.2, -0.15) is 0 Å². The molecule has 142 valence electrons. The minimum atomic E-state index is -0.418. The molecule has 0 radical (unpaired) electrons. The number of piperazine rings is 1. The van der Waals surface area contributed by atoms with Crippen LogP contribution in [0.3, 0.4) is 0 Å². The maximum atomic E-state index is 11.2. The topological polar surface area (TPSA) is 99.7 Å². The average molecular weight is 367 g/mol. The number of guanidine groups is 1. The van der Waals surface area contributed by atoms with Crippen LogP contribution in [0.1, 0.15) is 22.8 Å². The van der Waals surface area contributed by atoms with Gasteiger partial charge in [0.2, 0.25) is 11.9 Å². The van der Waals surface area contributed by atoms with Crippen molar-refractivity contribution >= 4 is 17.8 Å². The summed E-state index contributed by atoms with van der Waals surface area (Å²) in [7, 11) is 0. The summed E-state index contributed by atoms with van der Waals surface area (Å²) in [6, 6.07) is 9.07. The van der Waals surface area contributed by atoms with Gasteiger partial charge in [-0.25, -0.2) is 15.0 Å². The zero-order valence-electron chi connectivity index (χ0n) is 15.5.